The molecular weight excluding hydrogens is 256 g/mol. The van der Waals surface area contributed by atoms with Gasteiger partial charge in [-0.05, 0) is 16.5 Å². The van der Waals surface area contributed by atoms with Crippen LogP contribution in [0.25, 0.3) is 0 Å². The zero-order valence-electron chi connectivity index (χ0n) is 10.1. The number of tetrazole rings is 1. The first-order valence-corrected chi connectivity index (χ1v) is 5.45. The number of likely N-dealkylation sites (N-methyl/N-ethyl adjacent to an activating group) is 1. The van der Waals surface area contributed by atoms with Gasteiger partial charge in [0.15, 0.2) is 0 Å². The molecule has 1 heterocycles. The number of nitrogens with zero attached hydrogens (tertiary/aromatic N) is 5. The number of carbonyl (C=O) groups is 1. The van der Waals surface area contributed by atoms with Crippen molar-refractivity contribution >= 4 is 5.91 Å². The lowest BCUT2D eigenvalue weighted by atomic mass is 10.2. The van der Waals surface area contributed by atoms with Gasteiger partial charge in [-0.2, -0.15) is 0 Å². The predicted octanol–water partition coefficient (Wildman–Crippen LogP) is 0.610. The molecule has 0 saturated carbocycles. The third-order valence-electron chi connectivity index (χ3n) is 2.54. The van der Waals surface area contributed by atoms with E-state index >= 15 is 0 Å². The molecule has 6 nitrogen and oxygen atoms in total. The molecule has 0 aliphatic heterocycles. The van der Waals surface area contributed by atoms with Crippen molar-refractivity contribution in [1.82, 2.24) is 25.1 Å². The summed E-state index contributed by atoms with van der Waals surface area (Å²) in [5, 5.41) is 10.4. The summed E-state index contributed by atoms with van der Waals surface area (Å²) in [5.74, 6) is -1.61. The van der Waals surface area contributed by atoms with Crippen molar-refractivity contribution in [1.29, 1.82) is 0 Å². The Morgan fingerprint density at radius 3 is 2.84 bits per heavy atom. The molecule has 0 unspecified atom stereocenters. The summed E-state index contributed by atoms with van der Waals surface area (Å²) in [5.41, 5.74) is 0.244. The van der Waals surface area contributed by atoms with Crippen LogP contribution >= 0.6 is 0 Å². The summed E-state index contributed by atoms with van der Waals surface area (Å²) in [6.07, 6.45) is 1.31. The first-order valence-electron chi connectivity index (χ1n) is 5.45. The highest BCUT2D eigenvalue weighted by molar-refractivity contribution is 5.75. The molecule has 0 radical (unpaired) electrons. The van der Waals surface area contributed by atoms with Gasteiger partial charge in [0.2, 0.25) is 5.91 Å². The molecule has 0 spiro atoms. The summed E-state index contributed by atoms with van der Waals surface area (Å²) in [6.45, 7) is 0.0133. The molecule has 1 aromatic carbocycles. The lowest BCUT2D eigenvalue weighted by Crippen LogP contribution is -2.30. The van der Waals surface area contributed by atoms with Crippen LogP contribution in [0.15, 0.2) is 24.5 Å². The molecule has 0 aliphatic rings. The summed E-state index contributed by atoms with van der Waals surface area (Å²) < 4.78 is 27.4. The minimum absolute atomic E-state index is 0.0354. The van der Waals surface area contributed by atoms with E-state index in [1.807, 2.05) is 0 Å². The van der Waals surface area contributed by atoms with Crippen LogP contribution < -0.4 is 0 Å². The van der Waals surface area contributed by atoms with E-state index in [1.54, 1.807) is 0 Å². The van der Waals surface area contributed by atoms with Crippen molar-refractivity contribution in [2.75, 3.05) is 7.05 Å². The molecule has 0 bridgehead atoms. The standard InChI is InChI=1S/C11H11F2N5O/c1-17(11(19)6-18-7-14-15-16-18)5-8-2-3-9(12)4-10(8)13/h2-4,7H,5-6H2,1H3. The van der Waals surface area contributed by atoms with Crippen LogP contribution in [0.5, 0.6) is 0 Å². The SMILES string of the molecule is CN(Cc1ccc(F)cc1F)C(=O)Cn1cnnn1. The van der Waals surface area contributed by atoms with Gasteiger partial charge in [0.05, 0.1) is 0 Å². The number of benzene rings is 1. The Balaban J connectivity index is 2.00. The van der Waals surface area contributed by atoms with Crippen molar-refractivity contribution in [2.24, 2.45) is 0 Å². The first-order chi connectivity index (χ1) is 9.06. The Hall–Kier alpha value is -2.38. The summed E-state index contributed by atoms with van der Waals surface area (Å²) in [4.78, 5) is 13.1. The Morgan fingerprint density at radius 1 is 1.42 bits per heavy atom. The van der Waals surface area contributed by atoms with Gasteiger partial charge in [-0.25, -0.2) is 13.5 Å². The Labute approximate surface area is 107 Å². The highest BCUT2D eigenvalue weighted by atomic mass is 19.1. The monoisotopic (exact) mass is 267 g/mol. The van der Waals surface area contributed by atoms with E-state index in [1.165, 1.54) is 29.0 Å². The van der Waals surface area contributed by atoms with E-state index in [9.17, 15) is 13.6 Å². The largest absolute Gasteiger partial charge is 0.340 e. The topological polar surface area (TPSA) is 63.9 Å². The average Bonchev–Trinajstić information content (AvgIpc) is 2.85. The van der Waals surface area contributed by atoms with Crippen LogP contribution in [0.4, 0.5) is 8.78 Å². The second-order valence-corrected chi connectivity index (χ2v) is 3.99. The average molecular weight is 267 g/mol. The zero-order valence-corrected chi connectivity index (χ0v) is 10.1. The van der Waals surface area contributed by atoms with Crippen LogP contribution in [0.3, 0.4) is 0 Å². The molecule has 2 rings (SSSR count). The number of hydrogen-bond donors (Lipinski definition) is 0. The molecule has 0 aliphatic carbocycles. The van der Waals surface area contributed by atoms with Crippen LogP contribution in [0, 0.1) is 11.6 Å². The van der Waals surface area contributed by atoms with Crippen molar-refractivity contribution < 1.29 is 13.6 Å². The molecule has 0 N–H and O–H groups in total. The molecule has 1 amide bonds. The Bertz CT molecular complexity index is 572. The minimum atomic E-state index is -0.679. The number of halogens is 2. The predicted molar refractivity (Wildman–Crippen MR) is 60.6 cm³/mol. The quantitative estimate of drug-likeness (QED) is 0.814. The number of carbonyl (C=O) groups excluding carboxylic acids is 1. The summed E-state index contributed by atoms with van der Waals surface area (Å²) in [7, 11) is 1.52. The van der Waals surface area contributed by atoms with E-state index in [2.05, 4.69) is 15.5 Å². The third-order valence-corrected chi connectivity index (χ3v) is 2.54. The van der Waals surface area contributed by atoms with Gasteiger partial charge in [0, 0.05) is 25.2 Å². The normalized spacial score (nSPS) is 10.5. The molecule has 100 valence electrons. The Morgan fingerprint density at radius 2 is 2.21 bits per heavy atom. The number of aromatic nitrogens is 4. The lowest BCUT2D eigenvalue weighted by Gasteiger charge is -2.17. The molecule has 0 atom stereocenters. The number of hydrogen-bond acceptors (Lipinski definition) is 4. The van der Waals surface area contributed by atoms with Crippen molar-refractivity contribution in [3.63, 3.8) is 0 Å². The van der Waals surface area contributed by atoms with E-state index in [4.69, 9.17) is 0 Å². The van der Waals surface area contributed by atoms with Crippen molar-refractivity contribution in [3.05, 3.63) is 41.7 Å². The second-order valence-electron chi connectivity index (χ2n) is 3.99. The van der Waals surface area contributed by atoms with Gasteiger partial charge in [-0.3, -0.25) is 4.79 Å². The van der Waals surface area contributed by atoms with Gasteiger partial charge in [-0.1, -0.05) is 6.07 Å². The maximum Gasteiger partial charge on any atom is 0.244 e. The molecule has 2 aromatic rings. The number of amides is 1. The van der Waals surface area contributed by atoms with Crippen LogP contribution in [-0.4, -0.2) is 38.1 Å². The molecule has 1 aromatic heterocycles. The fourth-order valence-corrected chi connectivity index (χ4v) is 1.51. The zero-order chi connectivity index (χ0) is 13.8. The molecule has 8 heteroatoms. The molecule has 0 saturated heterocycles. The minimum Gasteiger partial charge on any atom is -0.340 e. The van der Waals surface area contributed by atoms with E-state index in [0.29, 0.717) is 0 Å². The van der Waals surface area contributed by atoms with E-state index in [-0.39, 0.29) is 24.6 Å². The van der Waals surface area contributed by atoms with Gasteiger partial charge < -0.3 is 4.90 Å². The van der Waals surface area contributed by atoms with Crippen molar-refractivity contribution in [2.45, 2.75) is 13.1 Å². The molecular formula is C11H11F2N5O. The number of rotatable bonds is 4. The third kappa shape index (κ3) is 3.30. The maximum atomic E-state index is 13.4. The fraction of sp³-hybridized carbons (Fsp3) is 0.273. The molecule has 19 heavy (non-hydrogen) atoms. The highest BCUT2D eigenvalue weighted by Crippen LogP contribution is 2.11. The van der Waals surface area contributed by atoms with E-state index in [0.717, 1.165) is 12.1 Å². The lowest BCUT2D eigenvalue weighted by molar-refractivity contribution is -0.131. The maximum absolute atomic E-state index is 13.4. The van der Waals surface area contributed by atoms with Gasteiger partial charge in [-0.15, -0.1) is 5.10 Å². The summed E-state index contributed by atoms with van der Waals surface area (Å²) in [6, 6.07) is 3.25. The van der Waals surface area contributed by atoms with Gasteiger partial charge >= 0.3 is 0 Å². The van der Waals surface area contributed by atoms with Gasteiger partial charge in [0.25, 0.3) is 0 Å². The fourth-order valence-electron chi connectivity index (χ4n) is 1.51. The van der Waals surface area contributed by atoms with Crippen molar-refractivity contribution in [3.8, 4) is 0 Å². The Kier molecular flexibility index (Phi) is 3.79. The molecule has 0 fully saturated rings. The smallest absolute Gasteiger partial charge is 0.244 e. The summed E-state index contributed by atoms with van der Waals surface area (Å²) >= 11 is 0. The highest BCUT2D eigenvalue weighted by Gasteiger charge is 2.13. The van der Waals surface area contributed by atoms with Crippen LogP contribution in [0.2, 0.25) is 0 Å². The van der Waals surface area contributed by atoms with E-state index < -0.39 is 11.6 Å². The van der Waals surface area contributed by atoms with Crippen LogP contribution in [0.1, 0.15) is 5.56 Å². The second kappa shape index (κ2) is 5.51. The van der Waals surface area contributed by atoms with Gasteiger partial charge in [0.1, 0.15) is 24.5 Å². The first kappa shape index (κ1) is 13.1. The van der Waals surface area contributed by atoms with Crippen LogP contribution in [-0.2, 0) is 17.9 Å².